The number of hydrogen-bond acceptors (Lipinski definition) is 6. The Balaban J connectivity index is 1.29. The largest absolute Gasteiger partial charge is 0.494 e. The van der Waals surface area contributed by atoms with Crippen LogP contribution in [0.4, 0.5) is 5.88 Å². The van der Waals surface area contributed by atoms with E-state index < -0.39 is 0 Å². The van der Waals surface area contributed by atoms with E-state index in [2.05, 4.69) is 46.4 Å². The summed E-state index contributed by atoms with van der Waals surface area (Å²) in [6.07, 6.45) is 9.63. The van der Waals surface area contributed by atoms with Crippen LogP contribution in [0.1, 0.15) is 41.6 Å². The second-order valence-corrected chi connectivity index (χ2v) is 7.54. The molecule has 0 spiro atoms. The molecule has 1 aliphatic rings. The molecule has 0 aliphatic carbocycles. The van der Waals surface area contributed by atoms with Gasteiger partial charge in [-0.3, -0.25) is 0 Å². The number of benzene rings is 1. The molecule has 3 heterocycles. The average Bonchev–Trinajstić information content (AvgIpc) is 3.37. The maximum Gasteiger partial charge on any atom is 0.230 e. The van der Waals surface area contributed by atoms with E-state index in [-0.39, 0.29) is 0 Å². The highest BCUT2D eigenvalue weighted by molar-refractivity contribution is 5.56. The summed E-state index contributed by atoms with van der Waals surface area (Å²) in [7, 11) is 0. The van der Waals surface area contributed by atoms with Crippen molar-refractivity contribution in [3.63, 3.8) is 0 Å². The molecule has 4 rings (SSSR count). The standard InChI is InChI=1S/C23H27N3O3/c1-17-18(2)25-29-23(17)26-10-8-19(9-11-26)13-20-5-3-7-22(14-20)27-12-4-6-21-15-24-28-16-21/h3,5,7,13-16H,4,6,8-12H2,1-2H3. The fourth-order valence-electron chi connectivity index (χ4n) is 3.59. The Kier molecular flexibility index (Phi) is 5.98. The zero-order chi connectivity index (χ0) is 20.1. The highest BCUT2D eigenvalue weighted by Crippen LogP contribution is 2.28. The van der Waals surface area contributed by atoms with Gasteiger partial charge in [0.15, 0.2) is 0 Å². The van der Waals surface area contributed by atoms with E-state index in [0.29, 0.717) is 6.61 Å². The van der Waals surface area contributed by atoms with Gasteiger partial charge in [0.25, 0.3) is 0 Å². The van der Waals surface area contributed by atoms with Crippen molar-refractivity contribution in [1.29, 1.82) is 0 Å². The van der Waals surface area contributed by atoms with Crippen molar-refractivity contribution in [2.45, 2.75) is 39.5 Å². The molecule has 0 atom stereocenters. The number of hydrogen-bond donors (Lipinski definition) is 0. The lowest BCUT2D eigenvalue weighted by Crippen LogP contribution is -2.30. The Hall–Kier alpha value is -3.02. The van der Waals surface area contributed by atoms with E-state index in [9.17, 15) is 0 Å². The zero-order valence-electron chi connectivity index (χ0n) is 17.1. The number of aryl methyl sites for hydroxylation is 2. The molecule has 6 heteroatoms. The van der Waals surface area contributed by atoms with Crippen LogP contribution < -0.4 is 9.64 Å². The van der Waals surface area contributed by atoms with Crippen molar-refractivity contribution in [3.05, 3.63) is 64.7 Å². The van der Waals surface area contributed by atoms with Crippen molar-refractivity contribution in [2.75, 3.05) is 24.6 Å². The molecule has 0 N–H and O–H groups in total. The van der Waals surface area contributed by atoms with E-state index in [1.54, 1.807) is 12.5 Å². The lowest BCUT2D eigenvalue weighted by molar-refractivity contribution is 0.311. The molecule has 1 saturated heterocycles. The van der Waals surface area contributed by atoms with Gasteiger partial charge in [-0.1, -0.05) is 34.1 Å². The molecule has 0 radical (unpaired) electrons. The third kappa shape index (κ3) is 4.88. The Labute approximate surface area is 171 Å². The van der Waals surface area contributed by atoms with Crippen molar-refractivity contribution < 1.29 is 13.8 Å². The Morgan fingerprint density at radius 2 is 2.07 bits per heavy atom. The lowest BCUT2D eigenvalue weighted by atomic mass is 10.0. The van der Waals surface area contributed by atoms with E-state index in [4.69, 9.17) is 13.8 Å². The molecule has 0 saturated carbocycles. The van der Waals surface area contributed by atoms with Gasteiger partial charge in [-0.15, -0.1) is 0 Å². The van der Waals surface area contributed by atoms with Crippen LogP contribution in [0.2, 0.25) is 0 Å². The molecule has 1 aliphatic heterocycles. The molecule has 0 unspecified atom stereocenters. The van der Waals surface area contributed by atoms with E-state index in [1.807, 2.05) is 13.0 Å². The summed E-state index contributed by atoms with van der Waals surface area (Å²) >= 11 is 0. The quantitative estimate of drug-likeness (QED) is 0.528. The van der Waals surface area contributed by atoms with Crippen LogP contribution in [0.3, 0.4) is 0 Å². The second kappa shape index (κ2) is 8.99. The first-order chi connectivity index (χ1) is 14.2. The van der Waals surface area contributed by atoms with E-state index in [0.717, 1.165) is 67.2 Å². The monoisotopic (exact) mass is 393 g/mol. The van der Waals surface area contributed by atoms with Gasteiger partial charge in [-0.25, -0.2) is 0 Å². The summed E-state index contributed by atoms with van der Waals surface area (Å²) in [5, 5.41) is 7.80. The van der Waals surface area contributed by atoms with E-state index >= 15 is 0 Å². The second-order valence-electron chi connectivity index (χ2n) is 7.54. The van der Waals surface area contributed by atoms with Crippen molar-refractivity contribution in [2.24, 2.45) is 0 Å². The van der Waals surface area contributed by atoms with Gasteiger partial charge in [0, 0.05) is 24.2 Å². The first-order valence-electron chi connectivity index (χ1n) is 10.2. The molecule has 6 nitrogen and oxygen atoms in total. The van der Waals surface area contributed by atoms with Crippen molar-refractivity contribution >= 4 is 12.0 Å². The minimum Gasteiger partial charge on any atom is -0.494 e. The van der Waals surface area contributed by atoms with Gasteiger partial charge in [-0.2, -0.15) is 0 Å². The summed E-state index contributed by atoms with van der Waals surface area (Å²) in [6, 6.07) is 8.31. The Bertz CT molecular complexity index is 950. The van der Waals surface area contributed by atoms with Gasteiger partial charge in [0.1, 0.15) is 12.0 Å². The maximum absolute atomic E-state index is 5.92. The van der Waals surface area contributed by atoms with Crippen LogP contribution in [0.25, 0.3) is 6.08 Å². The van der Waals surface area contributed by atoms with Crippen LogP contribution in [0, 0.1) is 13.8 Å². The Morgan fingerprint density at radius 3 is 2.79 bits per heavy atom. The molecule has 0 amide bonds. The summed E-state index contributed by atoms with van der Waals surface area (Å²) < 4.78 is 16.3. The molecule has 29 heavy (non-hydrogen) atoms. The molecular weight excluding hydrogens is 366 g/mol. The molecule has 2 aromatic heterocycles. The molecule has 3 aromatic rings. The van der Waals surface area contributed by atoms with E-state index in [1.165, 1.54) is 11.1 Å². The third-order valence-corrected chi connectivity index (χ3v) is 5.42. The Morgan fingerprint density at radius 1 is 1.21 bits per heavy atom. The minimum absolute atomic E-state index is 0.677. The first kappa shape index (κ1) is 19.3. The highest BCUT2D eigenvalue weighted by atomic mass is 16.5. The summed E-state index contributed by atoms with van der Waals surface area (Å²) in [5.41, 5.74) is 5.87. The smallest absolute Gasteiger partial charge is 0.230 e. The summed E-state index contributed by atoms with van der Waals surface area (Å²) in [4.78, 5) is 2.29. The zero-order valence-corrected chi connectivity index (χ0v) is 17.1. The molecule has 152 valence electrons. The summed E-state index contributed by atoms with van der Waals surface area (Å²) in [5.74, 6) is 1.83. The van der Waals surface area contributed by atoms with Crippen LogP contribution in [-0.4, -0.2) is 30.0 Å². The van der Waals surface area contributed by atoms with Crippen molar-refractivity contribution in [3.8, 4) is 5.75 Å². The van der Waals surface area contributed by atoms with Gasteiger partial charge in [-0.05, 0) is 57.2 Å². The number of anilines is 1. The number of rotatable bonds is 7. The van der Waals surface area contributed by atoms with Gasteiger partial charge in [0.05, 0.1) is 18.5 Å². The molecule has 1 fully saturated rings. The topological polar surface area (TPSA) is 64.5 Å². The molecule has 1 aromatic carbocycles. The van der Waals surface area contributed by atoms with Crippen LogP contribution in [0.15, 0.2) is 51.3 Å². The van der Waals surface area contributed by atoms with Gasteiger partial charge >= 0.3 is 0 Å². The predicted molar refractivity (Wildman–Crippen MR) is 112 cm³/mol. The molecular formula is C23H27N3O3. The minimum atomic E-state index is 0.677. The lowest BCUT2D eigenvalue weighted by Gasteiger charge is -2.28. The highest BCUT2D eigenvalue weighted by Gasteiger charge is 2.20. The van der Waals surface area contributed by atoms with Crippen LogP contribution >= 0.6 is 0 Å². The normalized spacial score (nSPS) is 14.3. The van der Waals surface area contributed by atoms with Crippen LogP contribution in [0.5, 0.6) is 5.75 Å². The fraction of sp³-hybridized carbons (Fsp3) is 0.391. The van der Waals surface area contributed by atoms with Gasteiger partial charge < -0.3 is 18.7 Å². The summed E-state index contributed by atoms with van der Waals surface area (Å²) in [6.45, 7) is 6.66. The average molecular weight is 393 g/mol. The number of nitrogens with zero attached hydrogens (tertiary/aromatic N) is 3. The maximum atomic E-state index is 5.92. The number of aromatic nitrogens is 2. The van der Waals surface area contributed by atoms with Crippen molar-refractivity contribution in [1.82, 2.24) is 10.3 Å². The first-order valence-corrected chi connectivity index (χ1v) is 10.2. The predicted octanol–water partition coefficient (Wildman–Crippen LogP) is 4.97. The molecule has 0 bridgehead atoms. The number of ether oxygens (including phenoxy) is 1. The third-order valence-electron chi connectivity index (χ3n) is 5.42. The number of piperidine rings is 1. The fourth-order valence-corrected chi connectivity index (χ4v) is 3.59. The SMILES string of the molecule is Cc1noc(N2CCC(=Cc3cccc(OCCCc4cnoc4)c3)CC2)c1C. The van der Waals surface area contributed by atoms with Gasteiger partial charge in [0.2, 0.25) is 5.88 Å². The van der Waals surface area contributed by atoms with Crippen LogP contribution in [-0.2, 0) is 6.42 Å².